The maximum absolute atomic E-state index is 11.7. The molecule has 0 spiro atoms. The third kappa shape index (κ3) is 16.2. The molecule has 0 saturated heterocycles. The summed E-state index contributed by atoms with van der Waals surface area (Å²) in [5.41, 5.74) is 0. The minimum Gasteiger partial charge on any atom is -0.479 e. The van der Waals surface area contributed by atoms with Gasteiger partial charge in [0.15, 0.2) is 12.2 Å². The molecule has 0 unspecified atom stereocenters. The molecule has 0 aliphatic heterocycles. The Morgan fingerprint density at radius 3 is 2.33 bits per heavy atom. The Kier molecular flexibility index (Phi) is 15.6. The molecular weight excluding hydrogens is 384 g/mol. The van der Waals surface area contributed by atoms with E-state index in [1.54, 1.807) is 0 Å². The highest BCUT2D eigenvalue weighted by molar-refractivity contribution is 5.82. The first-order valence-corrected chi connectivity index (χ1v) is 10.5. The van der Waals surface area contributed by atoms with Gasteiger partial charge in [0.25, 0.3) is 0 Å². The highest BCUT2D eigenvalue weighted by Gasteiger charge is 2.23. The molecule has 0 fully saturated rings. The second-order valence-electron chi connectivity index (χ2n) is 7.41. The number of ether oxygens (including phenoxy) is 2. The average molecular weight is 419 g/mol. The van der Waals surface area contributed by atoms with Gasteiger partial charge >= 0.3 is 17.9 Å². The number of aliphatic carboxylic acids is 1. The number of carbonyl (C=O) groups excluding carboxylic acids is 2. The lowest BCUT2D eigenvalue weighted by Gasteiger charge is -2.14. The summed E-state index contributed by atoms with van der Waals surface area (Å²) in [6.45, 7) is 7.05. The normalized spacial score (nSPS) is 12.3. The van der Waals surface area contributed by atoms with Gasteiger partial charge in [0.1, 0.15) is 0 Å². The lowest BCUT2D eigenvalue weighted by atomic mass is 10.0. The summed E-state index contributed by atoms with van der Waals surface area (Å²) >= 11 is 0. The van der Waals surface area contributed by atoms with E-state index in [9.17, 15) is 14.4 Å². The zero-order chi connectivity index (χ0) is 22.8. The van der Waals surface area contributed by atoms with Gasteiger partial charge in [-0.05, 0) is 56.9 Å². The largest absolute Gasteiger partial charge is 0.479 e. The van der Waals surface area contributed by atoms with Crippen molar-refractivity contribution in [3.8, 4) is 23.7 Å². The summed E-state index contributed by atoms with van der Waals surface area (Å²) in [7, 11) is 0. The van der Waals surface area contributed by atoms with E-state index in [1.165, 1.54) is 39.5 Å². The molecule has 2 atom stereocenters. The maximum atomic E-state index is 11.7. The molecule has 0 aliphatic rings. The van der Waals surface area contributed by atoms with E-state index >= 15 is 0 Å². The number of carboxylic acid groups (broad SMARTS) is 1. The molecule has 0 amide bonds. The summed E-state index contributed by atoms with van der Waals surface area (Å²) in [5.74, 6) is 9.25. The molecule has 1 N–H and O–H groups in total. The van der Waals surface area contributed by atoms with Crippen molar-refractivity contribution in [2.45, 2.75) is 91.3 Å². The van der Waals surface area contributed by atoms with Crippen LogP contribution in [0.25, 0.3) is 0 Å². The minimum atomic E-state index is -1.29. The van der Waals surface area contributed by atoms with Crippen LogP contribution in [-0.4, -0.2) is 35.2 Å². The number of allylic oxidation sites excluding steroid dienone is 2. The first-order valence-electron chi connectivity index (χ1n) is 10.5. The van der Waals surface area contributed by atoms with Crippen molar-refractivity contribution >= 4 is 17.9 Å². The first-order chi connectivity index (χ1) is 14.2. The van der Waals surface area contributed by atoms with Gasteiger partial charge in [0.05, 0.1) is 0 Å². The lowest BCUT2D eigenvalue weighted by Crippen LogP contribution is -2.32. The zero-order valence-corrected chi connectivity index (χ0v) is 18.5. The van der Waals surface area contributed by atoms with Crippen LogP contribution in [0.1, 0.15) is 79.1 Å². The Balaban J connectivity index is 3.89. The third-order valence-electron chi connectivity index (χ3n) is 4.04. The minimum absolute atomic E-state index is 0.102. The fraction of sp³-hybridized carbons (Fsp3) is 0.625. The summed E-state index contributed by atoms with van der Waals surface area (Å²) in [6, 6.07) is 0. The topological polar surface area (TPSA) is 89.9 Å². The van der Waals surface area contributed by atoms with Gasteiger partial charge < -0.3 is 14.6 Å². The van der Waals surface area contributed by atoms with Gasteiger partial charge in [-0.2, -0.15) is 0 Å². The van der Waals surface area contributed by atoms with E-state index in [0.717, 1.165) is 12.3 Å². The van der Waals surface area contributed by atoms with Crippen molar-refractivity contribution in [2.75, 3.05) is 0 Å². The third-order valence-corrected chi connectivity index (χ3v) is 4.04. The van der Waals surface area contributed by atoms with Crippen LogP contribution in [0.2, 0.25) is 0 Å². The second kappa shape index (κ2) is 17.2. The molecule has 0 radical (unpaired) electrons. The van der Waals surface area contributed by atoms with Crippen molar-refractivity contribution in [1.29, 1.82) is 0 Å². The monoisotopic (exact) mass is 418 g/mol. The van der Waals surface area contributed by atoms with E-state index in [1.807, 2.05) is 6.08 Å². The van der Waals surface area contributed by atoms with Crippen LogP contribution in [0.5, 0.6) is 0 Å². The van der Waals surface area contributed by atoms with Gasteiger partial charge in [-0.25, -0.2) is 9.59 Å². The molecule has 6 heteroatoms. The molecule has 30 heavy (non-hydrogen) atoms. The van der Waals surface area contributed by atoms with Gasteiger partial charge in [0, 0.05) is 12.8 Å². The molecule has 0 saturated carbocycles. The maximum Gasteiger partial charge on any atom is 0.347 e. The predicted molar refractivity (Wildman–Crippen MR) is 115 cm³/mol. The number of carboxylic acids is 1. The average Bonchev–Trinajstić information content (AvgIpc) is 2.67. The van der Waals surface area contributed by atoms with Crippen LogP contribution >= 0.6 is 0 Å². The quantitative estimate of drug-likeness (QED) is 0.273. The summed E-state index contributed by atoms with van der Waals surface area (Å²) in [5, 5.41) is 8.69. The van der Waals surface area contributed by atoms with Crippen molar-refractivity contribution in [2.24, 2.45) is 5.92 Å². The van der Waals surface area contributed by atoms with Crippen LogP contribution in [0.4, 0.5) is 0 Å². The van der Waals surface area contributed by atoms with E-state index in [-0.39, 0.29) is 6.42 Å². The van der Waals surface area contributed by atoms with Crippen LogP contribution < -0.4 is 0 Å². The van der Waals surface area contributed by atoms with Gasteiger partial charge in [-0.15, -0.1) is 0 Å². The van der Waals surface area contributed by atoms with Crippen molar-refractivity contribution < 1.29 is 29.0 Å². The Hall–Kier alpha value is -2.73. The van der Waals surface area contributed by atoms with Crippen molar-refractivity contribution in [3.05, 3.63) is 12.2 Å². The molecular formula is C24H34O6. The van der Waals surface area contributed by atoms with Gasteiger partial charge in [-0.1, -0.05) is 51.0 Å². The molecule has 0 heterocycles. The molecule has 0 aromatic carbocycles. The van der Waals surface area contributed by atoms with E-state index < -0.39 is 30.1 Å². The van der Waals surface area contributed by atoms with Crippen molar-refractivity contribution in [3.63, 3.8) is 0 Å². The highest BCUT2D eigenvalue weighted by Crippen LogP contribution is 2.09. The number of hydrogen-bond acceptors (Lipinski definition) is 5. The molecule has 0 aromatic heterocycles. The van der Waals surface area contributed by atoms with Crippen LogP contribution in [0, 0.1) is 29.6 Å². The number of unbranched alkanes of at least 4 members (excludes halogenated alkanes) is 4. The van der Waals surface area contributed by atoms with E-state index in [0.29, 0.717) is 12.8 Å². The molecule has 166 valence electrons. The predicted octanol–water partition coefficient (Wildman–Crippen LogP) is 4.27. The Bertz CT molecular complexity index is 684. The van der Waals surface area contributed by atoms with Crippen molar-refractivity contribution in [1.82, 2.24) is 0 Å². The van der Waals surface area contributed by atoms with Crippen LogP contribution in [0.15, 0.2) is 12.2 Å². The SMILES string of the molecule is CC(C)CCCCC/C=C/C#CC#CCCCC(=O)O[C@H](C)C(=O)O[C@H](C)C(=O)O. The smallest absolute Gasteiger partial charge is 0.347 e. The fourth-order valence-electron chi connectivity index (χ4n) is 2.26. The zero-order valence-electron chi connectivity index (χ0n) is 18.5. The van der Waals surface area contributed by atoms with Crippen LogP contribution in [-0.2, 0) is 23.9 Å². The molecule has 0 rings (SSSR count). The number of hydrogen-bond donors (Lipinski definition) is 1. The summed E-state index contributed by atoms with van der Waals surface area (Å²) in [4.78, 5) is 33.9. The number of carbonyl (C=O) groups is 3. The van der Waals surface area contributed by atoms with Gasteiger partial charge in [0.2, 0.25) is 0 Å². The Morgan fingerprint density at radius 2 is 1.67 bits per heavy atom. The number of rotatable bonds is 13. The first kappa shape index (κ1) is 27.3. The second-order valence-corrected chi connectivity index (χ2v) is 7.41. The standard InChI is InChI=1S/C24H34O6/c1-19(2)17-15-13-11-9-7-5-6-8-10-12-14-16-18-22(25)29-21(4)24(28)30-20(3)23(26)27/h5,7,19-21H,9,11,13-18H2,1-4H3,(H,26,27)/b7-5+/t20-,21-/m1/s1. The molecule has 6 nitrogen and oxygen atoms in total. The van der Waals surface area contributed by atoms with Gasteiger partial charge in [-0.3, -0.25) is 4.79 Å². The Morgan fingerprint density at radius 1 is 0.933 bits per heavy atom. The lowest BCUT2D eigenvalue weighted by molar-refractivity contribution is -0.174. The summed E-state index contributed by atoms with van der Waals surface area (Å²) < 4.78 is 9.57. The molecule has 0 aromatic rings. The molecule has 0 bridgehead atoms. The summed E-state index contributed by atoms with van der Waals surface area (Å²) in [6.07, 6.45) is 8.53. The van der Waals surface area contributed by atoms with Crippen LogP contribution in [0.3, 0.4) is 0 Å². The van der Waals surface area contributed by atoms with E-state index in [4.69, 9.17) is 9.84 Å². The highest BCUT2D eigenvalue weighted by atomic mass is 16.6. The molecule has 0 aliphatic carbocycles. The number of esters is 2. The fourth-order valence-corrected chi connectivity index (χ4v) is 2.26. The Labute approximate surface area is 180 Å². The van der Waals surface area contributed by atoms with E-state index in [2.05, 4.69) is 48.3 Å².